The second kappa shape index (κ2) is 7.91. The average molecular weight is 373 g/mol. The zero-order valence-electron chi connectivity index (χ0n) is 13.8. The Hall–Kier alpha value is -3.01. The van der Waals surface area contributed by atoms with Crippen molar-refractivity contribution in [1.82, 2.24) is 5.32 Å². The largest absolute Gasteiger partial charge is 0.462 e. The molecule has 9 nitrogen and oxygen atoms in total. The van der Waals surface area contributed by atoms with Crippen molar-refractivity contribution in [1.29, 1.82) is 0 Å². The summed E-state index contributed by atoms with van der Waals surface area (Å²) >= 11 is 1.06. The Morgan fingerprint density at radius 3 is 2.96 bits per heavy atom. The predicted molar refractivity (Wildman–Crippen MR) is 95.8 cm³/mol. The number of amidine groups is 1. The van der Waals surface area contributed by atoms with Gasteiger partial charge < -0.3 is 15.4 Å². The highest BCUT2D eigenvalue weighted by atomic mass is 32.2. The van der Waals surface area contributed by atoms with E-state index in [2.05, 4.69) is 25.9 Å². The summed E-state index contributed by atoms with van der Waals surface area (Å²) in [6.07, 6.45) is 0.725. The molecule has 1 aromatic carbocycles. The van der Waals surface area contributed by atoms with Gasteiger partial charge in [-0.1, -0.05) is 23.9 Å². The van der Waals surface area contributed by atoms with Crippen LogP contribution in [-0.4, -0.2) is 41.5 Å². The fourth-order valence-electron chi connectivity index (χ4n) is 2.24. The zero-order chi connectivity index (χ0) is 18.5. The summed E-state index contributed by atoms with van der Waals surface area (Å²) in [6, 6.07) is 6.58. The summed E-state index contributed by atoms with van der Waals surface area (Å²) in [5.41, 5.74) is 1.01. The molecule has 2 N–H and O–H groups in total. The average Bonchev–Trinajstić information content (AvgIpc) is 3.10. The number of amides is 2. The number of aliphatic imine (C=N–C) groups is 1. The number of thioether (sulfide) groups is 1. The maximum absolute atomic E-state index is 12.2. The van der Waals surface area contributed by atoms with Gasteiger partial charge in [0.1, 0.15) is 0 Å². The molecule has 1 unspecified atom stereocenters. The highest BCUT2D eigenvalue weighted by molar-refractivity contribution is 8.14. The van der Waals surface area contributed by atoms with E-state index in [0.29, 0.717) is 16.4 Å². The molecule has 0 fully saturated rings. The second-order valence-electron chi connectivity index (χ2n) is 5.18. The van der Waals surface area contributed by atoms with Crippen LogP contribution in [0.2, 0.25) is 0 Å². The van der Waals surface area contributed by atoms with Crippen LogP contribution in [0.1, 0.15) is 17.3 Å². The third-order valence-corrected chi connectivity index (χ3v) is 4.30. The summed E-state index contributed by atoms with van der Waals surface area (Å²) in [6.45, 7) is 1.95. The lowest BCUT2D eigenvalue weighted by Gasteiger charge is -2.17. The van der Waals surface area contributed by atoms with Crippen LogP contribution in [0.3, 0.4) is 0 Å². The summed E-state index contributed by atoms with van der Waals surface area (Å²) in [5, 5.41) is 13.0. The monoisotopic (exact) mass is 373 g/mol. The lowest BCUT2D eigenvalue weighted by atomic mass is 10.2. The fourth-order valence-corrected chi connectivity index (χ4v) is 2.92. The Bertz CT molecular complexity index is 849. The van der Waals surface area contributed by atoms with Crippen molar-refractivity contribution < 1.29 is 19.1 Å². The molecule has 2 aliphatic rings. The number of hydrogen-bond acceptors (Lipinski definition) is 8. The molecule has 1 aromatic rings. The molecule has 0 spiro atoms. The lowest BCUT2D eigenvalue weighted by Crippen LogP contribution is -2.38. The van der Waals surface area contributed by atoms with E-state index in [9.17, 15) is 14.4 Å². The number of carbonyl (C=O) groups is 3. The second-order valence-corrected chi connectivity index (χ2v) is 6.14. The van der Waals surface area contributed by atoms with Crippen LogP contribution >= 0.6 is 11.8 Å². The molecule has 134 valence electrons. The standard InChI is InChI=1S/C16H15N5O4S/c1-2-25-15(24)9-5-3-4-6-11(9)18-12(22)8-26-16-19-13-10(7-17-21-13)14(23)20-16/h3-7,13H,2,8H2,1H3,(H,18,22)(H,19,20,23). The van der Waals surface area contributed by atoms with Gasteiger partial charge in [0.25, 0.3) is 5.91 Å². The number of nitrogens with one attached hydrogen (secondary N) is 2. The molecule has 2 amide bonds. The molecule has 3 rings (SSSR count). The smallest absolute Gasteiger partial charge is 0.340 e. The van der Waals surface area contributed by atoms with Gasteiger partial charge in [-0.15, -0.1) is 0 Å². The molecule has 0 bridgehead atoms. The van der Waals surface area contributed by atoms with Crippen LogP contribution in [-0.2, 0) is 14.3 Å². The number of benzene rings is 1. The Balaban J connectivity index is 1.60. The number of para-hydroxylation sites is 1. The maximum atomic E-state index is 12.2. The van der Waals surface area contributed by atoms with E-state index in [1.165, 1.54) is 6.20 Å². The van der Waals surface area contributed by atoms with Gasteiger partial charge >= 0.3 is 5.97 Å². The fraction of sp³-hybridized carbons (Fsp3) is 0.250. The molecule has 26 heavy (non-hydrogen) atoms. The van der Waals surface area contributed by atoms with E-state index in [1.807, 2.05) is 0 Å². The molecular formula is C16H15N5O4S. The van der Waals surface area contributed by atoms with Crippen LogP contribution in [0.4, 0.5) is 5.69 Å². The first kappa shape index (κ1) is 17.8. The third-order valence-electron chi connectivity index (χ3n) is 3.41. The highest BCUT2D eigenvalue weighted by Crippen LogP contribution is 2.22. The van der Waals surface area contributed by atoms with Crippen molar-refractivity contribution in [2.24, 2.45) is 15.2 Å². The topological polar surface area (TPSA) is 122 Å². The van der Waals surface area contributed by atoms with E-state index >= 15 is 0 Å². The molecule has 0 radical (unpaired) electrons. The van der Waals surface area contributed by atoms with Gasteiger partial charge in [0.05, 0.1) is 35.4 Å². The zero-order valence-corrected chi connectivity index (χ0v) is 14.6. The summed E-state index contributed by atoms with van der Waals surface area (Å²) in [4.78, 5) is 40.2. The van der Waals surface area contributed by atoms with E-state index in [1.54, 1.807) is 31.2 Å². The van der Waals surface area contributed by atoms with E-state index < -0.39 is 12.1 Å². The van der Waals surface area contributed by atoms with Gasteiger partial charge in [0, 0.05) is 0 Å². The number of hydrogen-bond donors (Lipinski definition) is 2. The van der Waals surface area contributed by atoms with Gasteiger partial charge in [-0.2, -0.15) is 10.2 Å². The molecule has 1 atom stereocenters. The molecule has 2 heterocycles. The van der Waals surface area contributed by atoms with Gasteiger partial charge in [0.15, 0.2) is 11.3 Å². The van der Waals surface area contributed by atoms with Crippen LogP contribution in [0.15, 0.2) is 51.3 Å². The minimum absolute atomic E-state index is 0.000810. The van der Waals surface area contributed by atoms with Gasteiger partial charge in [-0.25, -0.2) is 9.79 Å². The van der Waals surface area contributed by atoms with Crippen LogP contribution in [0.25, 0.3) is 0 Å². The maximum Gasteiger partial charge on any atom is 0.340 e. The molecule has 0 aromatic heterocycles. The van der Waals surface area contributed by atoms with E-state index in [0.717, 1.165) is 11.8 Å². The first-order valence-electron chi connectivity index (χ1n) is 7.76. The number of nitrogens with zero attached hydrogens (tertiary/aromatic N) is 3. The normalized spacial score (nSPS) is 17.7. The van der Waals surface area contributed by atoms with Gasteiger partial charge in [-0.05, 0) is 19.1 Å². The third kappa shape index (κ3) is 3.97. The molecular weight excluding hydrogens is 358 g/mol. The SMILES string of the molecule is CCOC(=O)c1ccccc1NC(=O)CSC1=NC2N=NC=C2C(=O)N1. The first-order chi connectivity index (χ1) is 12.6. The number of esters is 1. The molecule has 0 aliphatic carbocycles. The number of carbonyl (C=O) groups excluding carboxylic acids is 3. The number of rotatable bonds is 5. The molecule has 2 aliphatic heterocycles. The Morgan fingerprint density at radius 1 is 1.35 bits per heavy atom. The molecule has 0 saturated carbocycles. The van der Waals surface area contributed by atoms with Crippen LogP contribution in [0.5, 0.6) is 0 Å². The Kier molecular flexibility index (Phi) is 5.42. The van der Waals surface area contributed by atoms with Crippen LogP contribution < -0.4 is 10.6 Å². The summed E-state index contributed by atoms with van der Waals surface area (Å²) < 4.78 is 4.97. The van der Waals surface area contributed by atoms with Crippen molar-refractivity contribution in [2.45, 2.75) is 13.1 Å². The quantitative estimate of drug-likeness (QED) is 0.761. The van der Waals surface area contributed by atoms with Crippen molar-refractivity contribution in [2.75, 3.05) is 17.7 Å². The first-order valence-corrected chi connectivity index (χ1v) is 8.75. The van der Waals surface area contributed by atoms with E-state index in [4.69, 9.17) is 4.74 Å². The predicted octanol–water partition coefficient (Wildman–Crippen LogP) is 1.70. The van der Waals surface area contributed by atoms with E-state index in [-0.39, 0.29) is 29.7 Å². The minimum atomic E-state index is -0.640. The summed E-state index contributed by atoms with van der Waals surface area (Å²) in [5.74, 6) is -1.19. The van der Waals surface area contributed by atoms with Gasteiger partial charge in [-0.3, -0.25) is 9.59 Å². The Morgan fingerprint density at radius 2 is 2.15 bits per heavy atom. The number of fused-ring (bicyclic) bond motifs is 1. The van der Waals surface area contributed by atoms with Crippen LogP contribution in [0, 0.1) is 0 Å². The number of ether oxygens (including phenoxy) is 1. The minimum Gasteiger partial charge on any atom is -0.462 e. The molecule has 10 heteroatoms. The number of anilines is 1. The summed E-state index contributed by atoms with van der Waals surface area (Å²) in [7, 11) is 0. The van der Waals surface area contributed by atoms with Crippen molar-refractivity contribution in [3.05, 3.63) is 41.6 Å². The highest BCUT2D eigenvalue weighted by Gasteiger charge is 2.30. The molecule has 0 saturated heterocycles. The Labute approximate surface area is 153 Å². The number of azo groups is 1. The van der Waals surface area contributed by atoms with Crippen molar-refractivity contribution in [3.63, 3.8) is 0 Å². The van der Waals surface area contributed by atoms with Crippen molar-refractivity contribution in [3.8, 4) is 0 Å². The lowest BCUT2D eigenvalue weighted by molar-refractivity contribution is -0.116. The van der Waals surface area contributed by atoms with Gasteiger partial charge in [0.2, 0.25) is 5.91 Å². The van der Waals surface area contributed by atoms with Crippen molar-refractivity contribution >= 4 is 40.4 Å².